The summed E-state index contributed by atoms with van der Waals surface area (Å²) in [5.41, 5.74) is 2.00. The van der Waals surface area contributed by atoms with Crippen LogP contribution in [0.1, 0.15) is 31.9 Å². The number of amides is 1. The molecule has 116 valence electrons. The van der Waals surface area contributed by atoms with Crippen molar-refractivity contribution >= 4 is 28.9 Å². The molecule has 1 aromatic rings. The SMILES string of the molecule is CCC(C)N(CCOC)c1cc2c(cc1Cl)C(O)C(=O)N2. The third-order valence-electron chi connectivity index (χ3n) is 3.89. The number of methoxy groups -OCH3 is 1. The van der Waals surface area contributed by atoms with Crippen LogP contribution < -0.4 is 10.2 Å². The van der Waals surface area contributed by atoms with Gasteiger partial charge in [0.2, 0.25) is 0 Å². The summed E-state index contributed by atoms with van der Waals surface area (Å²) < 4.78 is 5.16. The first kappa shape index (κ1) is 16.1. The molecule has 0 radical (unpaired) electrons. The number of ether oxygens (including phenoxy) is 1. The Morgan fingerprint density at radius 2 is 2.24 bits per heavy atom. The van der Waals surface area contributed by atoms with Crippen LogP contribution in [0.5, 0.6) is 0 Å². The minimum absolute atomic E-state index is 0.290. The molecule has 0 aliphatic carbocycles. The monoisotopic (exact) mass is 312 g/mol. The van der Waals surface area contributed by atoms with E-state index in [0.717, 1.165) is 12.1 Å². The van der Waals surface area contributed by atoms with E-state index in [-0.39, 0.29) is 6.04 Å². The Balaban J connectivity index is 2.38. The van der Waals surface area contributed by atoms with Crippen LogP contribution in [0.4, 0.5) is 11.4 Å². The lowest BCUT2D eigenvalue weighted by molar-refractivity contribution is -0.123. The molecule has 0 bridgehead atoms. The zero-order valence-electron chi connectivity index (χ0n) is 12.5. The number of nitrogens with zero attached hydrogens (tertiary/aromatic N) is 1. The predicted molar refractivity (Wildman–Crippen MR) is 84.0 cm³/mol. The maximum Gasteiger partial charge on any atom is 0.257 e. The Morgan fingerprint density at radius 1 is 1.52 bits per heavy atom. The molecule has 0 aromatic heterocycles. The van der Waals surface area contributed by atoms with Gasteiger partial charge in [0.1, 0.15) is 0 Å². The standard InChI is InChI=1S/C15H21ClN2O3/c1-4-9(2)18(5-6-21-3)13-8-12-10(7-11(13)16)14(19)15(20)17-12/h7-9,14,19H,4-6H2,1-3H3,(H,17,20). The molecule has 5 nitrogen and oxygen atoms in total. The summed E-state index contributed by atoms with van der Waals surface area (Å²) >= 11 is 6.36. The Labute approximate surface area is 129 Å². The van der Waals surface area contributed by atoms with Gasteiger partial charge in [-0.2, -0.15) is 0 Å². The van der Waals surface area contributed by atoms with E-state index < -0.39 is 12.0 Å². The van der Waals surface area contributed by atoms with Gasteiger partial charge in [-0.3, -0.25) is 4.79 Å². The van der Waals surface area contributed by atoms with Crippen LogP contribution in [0.15, 0.2) is 12.1 Å². The number of benzene rings is 1. The maximum atomic E-state index is 11.5. The fraction of sp³-hybridized carbons (Fsp3) is 0.533. The number of halogens is 1. The predicted octanol–water partition coefficient (Wildman–Crippen LogP) is 2.58. The van der Waals surface area contributed by atoms with Gasteiger partial charge in [-0.25, -0.2) is 0 Å². The van der Waals surface area contributed by atoms with Crippen molar-refractivity contribution in [2.75, 3.05) is 30.5 Å². The fourth-order valence-electron chi connectivity index (χ4n) is 2.46. The molecule has 1 aliphatic rings. The van der Waals surface area contributed by atoms with E-state index in [1.807, 2.05) is 6.07 Å². The number of carbonyl (C=O) groups excluding carboxylic acids is 1. The number of rotatable bonds is 6. The lowest BCUT2D eigenvalue weighted by atomic mass is 10.1. The van der Waals surface area contributed by atoms with Crippen molar-refractivity contribution in [1.82, 2.24) is 0 Å². The molecule has 1 heterocycles. The molecule has 1 aromatic carbocycles. The van der Waals surface area contributed by atoms with Crippen LogP contribution in [-0.4, -0.2) is 37.3 Å². The van der Waals surface area contributed by atoms with Gasteiger partial charge in [0, 0.05) is 30.9 Å². The van der Waals surface area contributed by atoms with Crippen molar-refractivity contribution in [3.63, 3.8) is 0 Å². The third kappa shape index (κ3) is 3.15. The van der Waals surface area contributed by atoms with Crippen molar-refractivity contribution in [2.45, 2.75) is 32.4 Å². The van der Waals surface area contributed by atoms with Crippen LogP contribution in [0.25, 0.3) is 0 Å². The highest BCUT2D eigenvalue weighted by Crippen LogP contribution is 2.39. The van der Waals surface area contributed by atoms with Crippen LogP contribution in [0.2, 0.25) is 5.02 Å². The Morgan fingerprint density at radius 3 is 2.86 bits per heavy atom. The van der Waals surface area contributed by atoms with Crippen LogP contribution >= 0.6 is 11.6 Å². The van der Waals surface area contributed by atoms with Crippen LogP contribution in [0, 0.1) is 0 Å². The molecule has 1 amide bonds. The molecule has 0 saturated carbocycles. The molecular formula is C15H21ClN2O3. The average Bonchev–Trinajstić information content (AvgIpc) is 2.74. The van der Waals surface area contributed by atoms with Crippen LogP contribution in [0.3, 0.4) is 0 Å². The maximum absolute atomic E-state index is 11.5. The van der Waals surface area contributed by atoms with Crippen molar-refractivity contribution in [3.05, 3.63) is 22.7 Å². The van der Waals surface area contributed by atoms with E-state index in [9.17, 15) is 9.90 Å². The minimum Gasteiger partial charge on any atom is -0.383 e. The summed E-state index contributed by atoms with van der Waals surface area (Å²) in [7, 11) is 1.66. The summed E-state index contributed by atoms with van der Waals surface area (Å²) in [5, 5.41) is 13.0. The van der Waals surface area contributed by atoms with Gasteiger partial charge < -0.3 is 20.1 Å². The highest BCUT2D eigenvalue weighted by molar-refractivity contribution is 6.33. The van der Waals surface area contributed by atoms with Gasteiger partial charge in [-0.15, -0.1) is 0 Å². The molecule has 2 N–H and O–H groups in total. The summed E-state index contributed by atoms with van der Waals surface area (Å²) in [6, 6.07) is 3.78. The van der Waals surface area contributed by atoms with Gasteiger partial charge in [0.05, 0.1) is 17.3 Å². The lowest BCUT2D eigenvalue weighted by Crippen LogP contribution is -2.35. The molecule has 0 fully saturated rings. The van der Waals surface area contributed by atoms with Crippen molar-refractivity contribution < 1.29 is 14.6 Å². The number of anilines is 2. The number of nitrogens with one attached hydrogen (secondary N) is 1. The average molecular weight is 313 g/mol. The first-order valence-corrected chi connectivity index (χ1v) is 7.45. The molecule has 2 rings (SSSR count). The second kappa shape index (κ2) is 6.64. The van der Waals surface area contributed by atoms with E-state index in [4.69, 9.17) is 16.3 Å². The van der Waals surface area contributed by atoms with E-state index >= 15 is 0 Å². The zero-order chi connectivity index (χ0) is 15.6. The van der Waals surface area contributed by atoms with Gasteiger partial charge in [-0.1, -0.05) is 18.5 Å². The minimum atomic E-state index is -1.14. The molecular weight excluding hydrogens is 292 g/mol. The second-order valence-corrected chi connectivity index (χ2v) is 5.63. The summed E-state index contributed by atoms with van der Waals surface area (Å²) in [5.74, 6) is -0.412. The number of fused-ring (bicyclic) bond motifs is 1. The van der Waals surface area contributed by atoms with E-state index in [2.05, 4.69) is 24.1 Å². The van der Waals surface area contributed by atoms with Crippen molar-refractivity contribution in [2.24, 2.45) is 0 Å². The van der Waals surface area contributed by atoms with E-state index in [0.29, 0.717) is 29.4 Å². The summed E-state index contributed by atoms with van der Waals surface area (Å²) in [6.45, 7) is 5.52. The molecule has 0 saturated heterocycles. The third-order valence-corrected chi connectivity index (χ3v) is 4.19. The molecule has 6 heteroatoms. The van der Waals surface area contributed by atoms with Gasteiger partial charge >= 0.3 is 0 Å². The number of aliphatic hydroxyl groups excluding tert-OH is 1. The summed E-state index contributed by atoms with van der Waals surface area (Å²) in [6.07, 6.45) is -0.172. The van der Waals surface area contributed by atoms with E-state index in [1.54, 1.807) is 13.2 Å². The second-order valence-electron chi connectivity index (χ2n) is 5.23. The Bertz CT molecular complexity index is 536. The largest absolute Gasteiger partial charge is 0.383 e. The lowest BCUT2D eigenvalue weighted by Gasteiger charge is -2.31. The Hall–Kier alpha value is -1.30. The normalized spacial score (nSPS) is 18.3. The zero-order valence-corrected chi connectivity index (χ0v) is 13.3. The van der Waals surface area contributed by atoms with Gasteiger partial charge in [0.25, 0.3) is 5.91 Å². The number of hydrogen-bond acceptors (Lipinski definition) is 4. The molecule has 1 aliphatic heterocycles. The molecule has 2 atom stereocenters. The first-order chi connectivity index (χ1) is 9.99. The van der Waals surface area contributed by atoms with Gasteiger partial charge in [-0.05, 0) is 25.5 Å². The quantitative estimate of drug-likeness (QED) is 0.847. The smallest absolute Gasteiger partial charge is 0.257 e. The highest BCUT2D eigenvalue weighted by atomic mass is 35.5. The number of carbonyl (C=O) groups is 1. The number of aliphatic hydroxyl groups is 1. The van der Waals surface area contributed by atoms with Gasteiger partial charge in [0.15, 0.2) is 6.10 Å². The fourth-order valence-corrected chi connectivity index (χ4v) is 2.74. The van der Waals surface area contributed by atoms with E-state index in [1.165, 1.54) is 0 Å². The topological polar surface area (TPSA) is 61.8 Å². The molecule has 2 unspecified atom stereocenters. The Kier molecular flexibility index (Phi) is 5.08. The van der Waals surface area contributed by atoms with Crippen molar-refractivity contribution in [1.29, 1.82) is 0 Å². The highest BCUT2D eigenvalue weighted by Gasteiger charge is 2.30. The van der Waals surface area contributed by atoms with Crippen molar-refractivity contribution in [3.8, 4) is 0 Å². The molecule has 0 spiro atoms. The first-order valence-electron chi connectivity index (χ1n) is 7.07. The number of hydrogen-bond donors (Lipinski definition) is 2. The summed E-state index contributed by atoms with van der Waals surface area (Å²) in [4.78, 5) is 13.7. The molecule has 21 heavy (non-hydrogen) atoms. The van der Waals surface area contributed by atoms with Crippen LogP contribution in [-0.2, 0) is 9.53 Å².